The van der Waals surface area contributed by atoms with Crippen LogP contribution in [0.5, 0.6) is 0 Å². The van der Waals surface area contributed by atoms with Gasteiger partial charge in [-0.2, -0.15) is 4.68 Å². The van der Waals surface area contributed by atoms with E-state index in [1.165, 1.54) is 6.92 Å². The van der Waals surface area contributed by atoms with E-state index in [1.807, 2.05) is 0 Å². The lowest BCUT2D eigenvalue weighted by Gasteiger charge is -2.16. The maximum atomic E-state index is 12.1. The number of thioether (sulfide) groups is 1. The van der Waals surface area contributed by atoms with Crippen molar-refractivity contribution in [2.45, 2.75) is 24.9 Å². The van der Waals surface area contributed by atoms with E-state index in [0.717, 1.165) is 35.1 Å². The van der Waals surface area contributed by atoms with Crippen LogP contribution in [-0.2, 0) is 9.59 Å². The molecule has 1 aliphatic heterocycles. The van der Waals surface area contributed by atoms with Gasteiger partial charge < -0.3 is 16.1 Å². The number of benzene rings is 1. The summed E-state index contributed by atoms with van der Waals surface area (Å²) in [5, 5.41) is 10.4. The van der Waals surface area contributed by atoms with Crippen molar-refractivity contribution in [3.8, 4) is 0 Å². The van der Waals surface area contributed by atoms with E-state index in [4.69, 9.17) is 5.84 Å². The van der Waals surface area contributed by atoms with Crippen LogP contribution in [-0.4, -0.2) is 39.0 Å². The van der Waals surface area contributed by atoms with Crippen LogP contribution < -0.4 is 21.6 Å². The van der Waals surface area contributed by atoms with Gasteiger partial charge in [-0.3, -0.25) is 14.4 Å². The quantitative estimate of drug-likeness (QED) is 0.577. The van der Waals surface area contributed by atoms with E-state index < -0.39 is 5.56 Å². The smallest absolute Gasteiger partial charge is 0.294 e. The first kappa shape index (κ1) is 17.9. The van der Waals surface area contributed by atoms with Gasteiger partial charge in [0, 0.05) is 24.3 Å². The van der Waals surface area contributed by atoms with Gasteiger partial charge >= 0.3 is 0 Å². The van der Waals surface area contributed by atoms with Crippen molar-refractivity contribution in [3.05, 3.63) is 40.3 Å². The number of amides is 2. The zero-order valence-electron chi connectivity index (χ0n) is 14.1. The molecule has 1 aromatic heterocycles. The third-order valence-corrected chi connectivity index (χ3v) is 4.83. The Morgan fingerprint density at radius 1 is 1.27 bits per heavy atom. The molecule has 1 aliphatic rings. The third kappa shape index (κ3) is 3.85. The maximum Gasteiger partial charge on any atom is 0.294 e. The van der Waals surface area contributed by atoms with Gasteiger partial charge in [-0.25, -0.2) is 0 Å². The second-order valence-electron chi connectivity index (χ2n) is 5.78. The zero-order chi connectivity index (χ0) is 18.7. The summed E-state index contributed by atoms with van der Waals surface area (Å²) in [6, 6.07) is 7.09. The number of nitrogens with one attached hydrogen (secondary N) is 1. The Morgan fingerprint density at radius 2 is 2.00 bits per heavy atom. The molecule has 2 heterocycles. The van der Waals surface area contributed by atoms with E-state index in [1.54, 1.807) is 29.2 Å². The van der Waals surface area contributed by atoms with Crippen molar-refractivity contribution < 1.29 is 9.59 Å². The van der Waals surface area contributed by atoms with Crippen LogP contribution in [0, 0.1) is 6.92 Å². The molecular weight excluding hydrogens is 356 g/mol. The number of aromatic nitrogens is 3. The predicted molar refractivity (Wildman–Crippen MR) is 98.6 cm³/mol. The van der Waals surface area contributed by atoms with Gasteiger partial charge in [-0.15, -0.1) is 10.2 Å². The maximum absolute atomic E-state index is 12.1. The normalized spacial score (nSPS) is 13.9. The summed E-state index contributed by atoms with van der Waals surface area (Å²) in [7, 11) is 0. The van der Waals surface area contributed by atoms with Gasteiger partial charge in [0.25, 0.3) is 5.56 Å². The van der Waals surface area contributed by atoms with Gasteiger partial charge in [0.1, 0.15) is 5.69 Å². The zero-order valence-corrected chi connectivity index (χ0v) is 15.0. The third-order valence-electron chi connectivity index (χ3n) is 3.89. The minimum Gasteiger partial charge on any atom is -0.334 e. The number of hydrogen-bond donors (Lipinski definition) is 2. The molecule has 0 saturated carbocycles. The summed E-state index contributed by atoms with van der Waals surface area (Å²) in [5.41, 5.74) is 1.18. The molecule has 0 bridgehead atoms. The highest BCUT2D eigenvalue weighted by atomic mass is 32.2. The number of anilines is 2. The molecule has 3 N–H and O–H groups in total. The Kier molecular flexibility index (Phi) is 5.21. The fraction of sp³-hybridized carbons (Fsp3) is 0.312. The lowest BCUT2D eigenvalue weighted by Crippen LogP contribution is -2.32. The topological polar surface area (TPSA) is 123 Å². The SMILES string of the molecule is Cc1nnc(SCC(=O)Nc2ccc(N3CCCC3=O)cc2)n(N)c1=O. The molecule has 0 unspecified atom stereocenters. The summed E-state index contributed by atoms with van der Waals surface area (Å²) >= 11 is 1.02. The molecule has 9 nitrogen and oxygen atoms in total. The molecule has 1 fully saturated rings. The van der Waals surface area contributed by atoms with Gasteiger partial charge in [0.15, 0.2) is 0 Å². The first-order valence-corrected chi connectivity index (χ1v) is 8.99. The van der Waals surface area contributed by atoms with Crippen LogP contribution in [0.1, 0.15) is 18.5 Å². The van der Waals surface area contributed by atoms with Crippen molar-refractivity contribution in [3.63, 3.8) is 0 Å². The molecule has 0 atom stereocenters. The Labute approximate surface area is 153 Å². The molecule has 1 saturated heterocycles. The molecular formula is C16H18N6O3S. The van der Waals surface area contributed by atoms with Crippen molar-refractivity contribution in [1.82, 2.24) is 14.9 Å². The molecule has 3 rings (SSSR count). The monoisotopic (exact) mass is 374 g/mol. The van der Waals surface area contributed by atoms with Crippen LogP contribution in [0.2, 0.25) is 0 Å². The Bertz CT molecular complexity index is 896. The van der Waals surface area contributed by atoms with Gasteiger partial charge in [-0.05, 0) is 37.6 Å². The second kappa shape index (κ2) is 7.56. The molecule has 26 heavy (non-hydrogen) atoms. The Balaban J connectivity index is 1.57. The van der Waals surface area contributed by atoms with E-state index in [2.05, 4.69) is 15.5 Å². The summed E-state index contributed by atoms with van der Waals surface area (Å²) in [4.78, 5) is 37.2. The number of nitrogen functional groups attached to an aromatic ring is 1. The fourth-order valence-electron chi connectivity index (χ4n) is 2.54. The highest BCUT2D eigenvalue weighted by Crippen LogP contribution is 2.23. The lowest BCUT2D eigenvalue weighted by molar-refractivity contribution is -0.117. The Morgan fingerprint density at radius 3 is 2.65 bits per heavy atom. The fourth-order valence-corrected chi connectivity index (χ4v) is 3.19. The van der Waals surface area contributed by atoms with Gasteiger partial charge in [-0.1, -0.05) is 11.8 Å². The molecule has 136 valence electrons. The van der Waals surface area contributed by atoms with Crippen LogP contribution in [0.4, 0.5) is 11.4 Å². The minimum absolute atomic E-state index is 0.0285. The molecule has 0 spiro atoms. The van der Waals surface area contributed by atoms with Crippen LogP contribution in [0.15, 0.2) is 34.2 Å². The molecule has 1 aromatic carbocycles. The number of nitrogens with two attached hydrogens (primary N) is 1. The van der Waals surface area contributed by atoms with Crippen molar-refractivity contribution in [2.75, 3.05) is 28.4 Å². The highest BCUT2D eigenvalue weighted by molar-refractivity contribution is 7.99. The highest BCUT2D eigenvalue weighted by Gasteiger charge is 2.21. The average Bonchev–Trinajstić information content (AvgIpc) is 3.06. The predicted octanol–water partition coefficient (Wildman–Crippen LogP) is 0.518. The van der Waals surface area contributed by atoms with Gasteiger partial charge in [0.2, 0.25) is 17.0 Å². The standard InChI is InChI=1S/C16H18N6O3S/c1-10-15(25)22(17)16(20-19-10)26-9-13(23)18-11-4-6-12(7-5-11)21-8-2-3-14(21)24/h4-7H,2-3,8-9,17H2,1H3,(H,18,23). The number of carbonyl (C=O) groups excluding carboxylic acids is 2. The number of aryl methyl sites for hydroxylation is 1. The molecule has 0 aliphatic carbocycles. The molecule has 0 radical (unpaired) electrons. The van der Waals surface area contributed by atoms with Crippen LogP contribution in [0.3, 0.4) is 0 Å². The molecule has 2 amide bonds. The Hall–Kier alpha value is -2.88. The summed E-state index contributed by atoms with van der Waals surface area (Å²) in [6.07, 6.45) is 1.44. The molecule has 10 heteroatoms. The van der Waals surface area contributed by atoms with Crippen LogP contribution in [0.25, 0.3) is 0 Å². The van der Waals surface area contributed by atoms with E-state index >= 15 is 0 Å². The number of carbonyl (C=O) groups is 2. The van der Waals surface area contributed by atoms with E-state index in [9.17, 15) is 14.4 Å². The van der Waals surface area contributed by atoms with Crippen molar-refractivity contribution >= 4 is 35.0 Å². The summed E-state index contributed by atoms with van der Waals surface area (Å²) in [6.45, 7) is 2.23. The first-order chi connectivity index (χ1) is 12.5. The minimum atomic E-state index is -0.449. The molecule has 2 aromatic rings. The summed E-state index contributed by atoms with van der Waals surface area (Å²) in [5.74, 6) is 5.50. The second-order valence-corrected chi connectivity index (χ2v) is 6.72. The van der Waals surface area contributed by atoms with Crippen molar-refractivity contribution in [2.24, 2.45) is 0 Å². The number of rotatable bonds is 5. The largest absolute Gasteiger partial charge is 0.334 e. The van der Waals surface area contributed by atoms with E-state index in [-0.39, 0.29) is 28.4 Å². The van der Waals surface area contributed by atoms with E-state index in [0.29, 0.717) is 12.1 Å². The van der Waals surface area contributed by atoms with Crippen LogP contribution >= 0.6 is 11.8 Å². The van der Waals surface area contributed by atoms with Crippen molar-refractivity contribution in [1.29, 1.82) is 0 Å². The first-order valence-electron chi connectivity index (χ1n) is 8.00. The lowest BCUT2D eigenvalue weighted by atomic mass is 10.2. The summed E-state index contributed by atoms with van der Waals surface area (Å²) < 4.78 is 0.877. The van der Waals surface area contributed by atoms with Gasteiger partial charge in [0.05, 0.1) is 5.75 Å². The number of hydrogen-bond acceptors (Lipinski definition) is 7. The average molecular weight is 374 g/mol. The number of nitrogens with zero attached hydrogens (tertiary/aromatic N) is 4.